The molecule has 1 aromatic carbocycles. The van der Waals surface area contributed by atoms with E-state index >= 15 is 0 Å². The van der Waals surface area contributed by atoms with E-state index in [0.717, 1.165) is 18.0 Å². The van der Waals surface area contributed by atoms with Crippen molar-refractivity contribution in [2.24, 2.45) is 0 Å². The third kappa shape index (κ3) is 4.53. The summed E-state index contributed by atoms with van der Waals surface area (Å²) < 4.78 is 5.66. The summed E-state index contributed by atoms with van der Waals surface area (Å²) in [5.74, 6) is 0.928. The Morgan fingerprint density at radius 1 is 1.31 bits per heavy atom. The zero-order valence-electron chi connectivity index (χ0n) is 10.7. The van der Waals surface area contributed by atoms with Crippen molar-refractivity contribution in [1.82, 2.24) is 5.32 Å². The van der Waals surface area contributed by atoms with Gasteiger partial charge in [-0.15, -0.1) is 0 Å². The second kappa shape index (κ2) is 6.38. The molecule has 0 unspecified atom stereocenters. The van der Waals surface area contributed by atoms with Gasteiger partial charge in [-0.2, -0.15) is 0 Å². The molecule has 0 atom stereocenters. The Balaban J connectivity index is 2.39. The van der Waals surface area contributed by atoms with Gasteiger partial charge in [0.2, 0.25) is 0 Å². The highest BCUT2D eigenvalue weighted by molar-refractivity contribution is 5.49. The molecule has 0 radical (unpaired) electrons. The van der Waals surface area contributed by atoms with E-state index in [1.165, 1.54) is 0 Å². The molecule has 0 aromatic heterocycles. The fourth-order valence-corrected chi connectivity index (χ4v) is 1.37. The first-order valence-corrected chi connectivity index (χ1v) is 5.73. The van der Waals surface area contributed by atoms with Crippen molar-refractivity contribution in [3.05, 3.63) is 24.3 Å². The predicted octanol–water partition coefficient (Wildman–Crippen LogP) is 2.13. The second-order valence-corrected chi connectivity index (χ2v) is 4.35. The molecular weight excluding hydrogens is 200 g/mol. The predicted molar refractivity (Wildman–Crippen MR) is 69.4 cm³/mol. The standard InChI is InChI=1S/C13H22N2O/c1-11(2)14-8-9-16-13-7-5-6-12(10-13)15(3)4/h5-7,10-11,14H,8-9H2,1-4H3. The maximum Gasteiger partial charge on any atom is 0.121 e. The highest BCUT2D eigenvalue weighted by Gasteiger charge is 1.98. The Morgan fingerprint density at radius 2 is 2.06 bits per heavy atom. The van der Waals surface area contributed by atoms with Gasteiger partial charge in [0.25, 0.3) is 0 Å². The van der Waals surface area contributed by atoms with Crippen LogP contribution in [-0.4, -0.2) is 33.3 Å². The van der Waals surface area contributed by atoms with E-state index in [-0.39, 0.29) is 0 Å². The molecule has 0 amide bonds. The van der Waals surface area contributed by atoms with E-state index < -0.39 is 0 Å². The number of benzene rings is 1. The first kappa shape index (κ1) is 12.8. The molecule has 0 fully saturated rings. The number of hydrogen-bond donors (Lipinski definition) is 1. The van der Waals surface area contributed by atoms with Gasteiger partial charge in [0.1, 0.15) is 12.4 Å². The van der Waals surface area contributed by atoms with Crippen LogP contribution in [0.5, 0.6) is 5.75 Å². The molecule has 1 rings (SSSR count). The second-order valence-electron chi connectivity index (χ2n) is 4.35. The average molecular weight is 222 g/mol. The quantitative estimate of drug-likeness (QED) is 0.746. The van der Waals surface area contributed by atoms with Crippen molar-refractivity contribution in [2.45, 2.75) is 19.9 Å². The van der Waals surface area contributed by atoms with Gasteiger partial charge in [0.05, 0.1) is 0 Å². The van der Waals surface area contributed by atoms with Crippen LogP contribution in [0.4, 0.5) is 5.69 Å². The Labute approximate surface area is 98.4 Å². The largest absolute Gasteiger partial charge is 0.492 e. The normalized spacial score (nSPS) is 10.6. The highest BCUT2D eigenvalue weighted by Crippen LogP contribution is 2.18. The van der Waals surface area contributed by atoms with Gasteiger partial charge in [-0.25, -0.2) is 0 Å². The van der Waals surface area contributed by atoms with E-state index in [2.05, 4.69) is 36.2 Å². The summed E-state index contributed by atoms with van der Waals surface area (Å²) in [5, 5.41) is 3.32. The van der Waals surface area contributed by atoms with Gasteiger partial charge in [-0.1, -0.05) is 19.9 Å². The van der Waals surface area contributed by atoms with Crippen LogP contribution in [0.2, 0.25) is 0 Å². The van der Waals surface area contributed by atoms with Crippen molar-refractivity contribution in [2.75, 3.05) is 32.1 Å². The van der Waals surface area contributed by atoms with Crippen LogP contribution in [0.3, 0.4) is 0 Å². The molecule has 0 spiro atoms. The lowest BCUT2D eigenvalue weighted by atomic mass is 10.3. The number of hydrogen-bond acceptors (Lipinski definition) is 3. The summed E-state index contributed by atoms with van der Waals surface area (Å²) in [6.07, 6.45) is 0. The maximum atomic E-state index is 5.66. The summed E-state index contributed by atoms with van der Waals surface area (Å²) in [5.41, 5.74) is 1.16. The molecule has 1 aromatic rings. The van der Waals surface area contributed by atoms with Gasteiger partial charge < -0.3 is 15.0 Å². The summed E-state index contributed by atoms with van der Waals surface area (Å²) >= 11 is 0. The monoisotopic (exact) mass is 222 g/mol. The molecular formula is C13H22N2O. The molecule has 0 aliphatic heterocycles. The molecule has 16 heavy (non-hydrogen) atoms. The van der Waals surface area contributed by atoms with E-state index in [1.54, 1.807) is 0 Å². The molecule has 0 saturated carbocycles. The molecule has 0 aliphatic carbocycles. The molecule has 1 N–H and O–H groups in total. The fraction of sp³-hybridized carbons (Fsp3) is 0.538. The van der Waals surface area contributed by atoms with Crippen molar-refractivity contribution in [1.29, 1.82) is 0 Å². The minimum absolute atomic E-state index is 0.511. The molecule has 0 heterocycles. The number of nitrogens with zero attached hydrogens (tertiary/aromatic N) is 1. The molecule has 3 heteroatoms. The zero-order chi connectivity index (χ0) is 12.0. The lowest BCUT2D eigenvalue weighted by Gasteiger charge is -2.14. The van der Waals surface area contributed by atoms with E-state index in [9.17, 15) is 0 Å². The molecule has 0 aliphatic rings. The summed E-state index contributed by atoms with van der Waals surface area (Å²) in [6, 6.07) is 8.63. The van der Waals surface area contributed by atoms with Crippen LogP contribution in [0.1, 0.15) is 13.8 Å². The smallest absolute Gasteiger partial charge is 0.121 e. The zero-order valence-corrected chi connectivity index (χ0v) is 10.7. The van der Waals surface area contributed by atoms with Gasteiger partial charge in [0, 0.05) is 38.4 Å². The number of ether oxygens (including phenoxy) is 1. The lowest BCUT2D eigenvalue weighted by Crippen LogP contribution is -2.27. The molecule has 3 nitrogen and oxygen atoms in total. The fourth-order valence-electron chi connectivity index (χ4n) is 1.37. The number of anilines is 1. The van der Waals surface area contributed by atoms with Gasteiger partial charge in [-0.3, -0.25) is 0 Å². The van der Waals surface area contributed by atoms with Gasteiger partial charge >= 0.3 is 0 Å². The Hall–Kier alpha value is -1.22. The van der Waals surface area contributed by atoms with E-state index in [4.69, 9.17) is 4.74 Å². The van der Waals surface area contributed by atoms with Gasteiger partial charge in [0.15, 0.2) is 0 Å². The maximum absolute atomic E-state index is 5.66. The van der Waals surface area contributed by atoms with Crippen molar-refractivity contribution in [3.8, 4) is 5.75 Å². The SMILES string of the molecule is CC(C)NCCOc1cccc(N(C)C)c1. The molecule has 0 saturated heterocycles. The Bertz CT molecular complexity index is 311. The first-order chi connectivity index (χ1) is 7.59. The van der Waals surface area contributed by atoms with E-state index in [0.29, 0.717) is 12.6 Å². The molecule has 90 valence electrons. The number of rotatable bonds is 6. The van der Waals surface area contributed by atoms with Crippen molar-refractivity contribution in [3.63, 3.8) is 0 Å². The minimum Gasteiger partial charge on any atom is -0.492 e. The topological polar surface area (TPSA) is 24.5 Å². The third-order valence-corrected chi connectivity index (χ3v) is 2.26. The lowest BCUT2D eigenvalue weighted by molar-refractivity contribution is 0.309. The Morgan fingerprint density at radius 3 is 2.69 bits per heavy atom. The highest BCUT2D eigenvalue weighted by atomic mass is 16.5. The summed E-state index contributed by atoms with van der Waals surface area (Å²) in [7, 11) is 4.05. The summed E-state index contributed by atoms with van der Waals surface area (Å²) in [4.78, 5) is 2.07. The van der Waals surface area contributed by atoms with Crippen LogP contribution < -0.4 is 15.0 Å². The average Bonchev–Trinajstić information content (AvgIpc) is 2.24. The van der Waals surface area contributed by atoms with Crippen LogP contribution in [0.25, 0.3) is 0 Å². The van der Waals surface area contributed by atoms with Crippen molar-refractivity contribution < 1.29 is 4.74 Å². The Kier molecular flexibility index (Phi) is 5.12. The van der Waals surface area contributed by atoms with Crippen LogP contribution in [-0.2, 0) is 0 Å². The van der Waals surface area contributed by atoms with Crippen LogP contribution in [0.15, 0.2) is 24.3 Å². The van der Waals surface area contributed by atoms with Gasteiger partial charge in [-0.05, 0) is 12.1 Å². The van der Waals surface area contributed by atoms with Crippen molar-refractivity contribution >= 4 is 5.69 Å². The minimum atomic E-state index is 0.511. The van der Waals surface area contributed by atoms with Crippen LogP contribution in [0, 0.1) is 0 Å². The number of nitrogens with one attached hydrogen (secondary N) is 1. The van der Waals surface area contributed by atoms with Crippen LogP contribution >= 0.6 is 0 Å². The third-order valence-electron chi connectivity index (χ3n) is 2.26. The summed E-state index contributed by atoms with van der Waals surface area (Å²) in [6.45, 7) is 5.85. The van der Waals surface area contributed by atoms with E-state index in [1.807, 2.05) is 26.2 Å². The molecule has 0 bridgehead atoms. The first-order valence-electron chi connectivity index (χ1n) is 5.73.